The van der Waals surface area contributed by atoms with Gasteiger partial charge >= 0.3 is 0 Å². The smallest absolute Gasteiger partial charge is 0.127 e. The number of ether oxygens (including phenoxy) is 1. The fraction of sp³-hybridized carbons (Fsp3) is 0.792. The highest BCUT2D eigenvalue weighted by Gasteiger charge is 2.77. The van der Waals surface area contributed by atoms with E-state index in [0.29, 0.717) is 11.5 Å². The topological polar surface area (TPSA) is 45.6 Å². The van der Waals surface area contributed by atoms with Gasteiger partial charge in [0.25, 0.3) is 0 Å². The van der Waals surface area contributed by atoms with Crippen molar-refractivity contribution in [2.45, 2.75) is 83.0 Å². The Balaban J connectivity index is 1.34. The molecule has 0 amide bonds. The Bertz CT molecular complexity index is 752. The highest BCUT2D eigenvalue weighted by atomic mass is 16.6. The molecule has 2 heterocycles. The van der Waals surface area contributed by atoms with E-state index in [0.717, 1.165) is 36.5 Å². The summed E-state index contributed by atoms with van der Waals surface area (Å²) >= 11 is 0. The average Bonchev–Trinajstić information content (AvgIpc) is 3.35. The largest absolute Gasteiger partial charge is 0.393 e. The third-order valence-corrected chi connectivity index (χ3v) is 10.2. The lowest BCUT2D eigenvalue weighted by molar-refractivity contribution is -0.142. The van der Waals surface area contributed by atoms with Crippen LogP contribution in [0, 0.1) is 34.5 Å². The first-order valence-corrected chi connectivity index (χ1v) is 11.3. The molecule has 9 atom stereocenters. The SMILES string of the molecule is C[C@]12CC[C@H](O)C[C@@H]1CC[C@@H]1[C@@H]2CC[C@@]2(C)[C@H]1C[C@H]1O[C@]12c1cccnc1. The van der Waals surface area contributed by atoms with Gasteiger partial charge in [-0.2, -0.15) is 0 Å². The molecule has 0 spiro atoms. The summed E-state index contributed by atoms with van der Waals surface area (Å²) in [5.41, 5.74) is 1.98. The van der Waals surface area contributed by atoms with Gasteiger partial charge in [0, 0.05) is 23.4 Å². The fourth-order valence-electron chi connectivity index (χ4n) is 8.76. The Hall–Kier alpha value is -0.930. The molecular weight excluding hydrogens is 334 g/mol. The lowest BCUT2D eigenvalue weighted by Crippen LogP contribution is -2.55. The molecule has 27 heavy (non-hydrogen) atoms. The predicted octanol–water partition coefficient (Wildman–Crippen LogP) is 4.69. The highest BCUT2D eigenvalue weighted by molar-refractivity contribution is 5.36. The minimum atomic E-state index is -0.0581. The van der Waals surface area contributed by atoms with Gasteiger partial charge in [0.05, 0.1) is 12.2 Å². The van der Waals surface area contributed by atoms with Gasteiger partial charge in [-0.3, -0.25) is 4.98 Å². The second-order valence-corrected chi connectivity index (χ2v) is 10.9. The molecule has 0 unspecified atom stereocenters. The lowest BCUT2D eigenvalue weighted by Gasteiger charge is -2.61. The van der Waals surface area contributed by atoms with E-state index in [4.69, 9.17) is 4.74 Å². The van der Waals surface area contributed by atoms with Crippen LogP contribution >= 0.6 is 0 Å². The summed E-state index contributed by atoms with van der Waals surface area (Å²) in [6.07, 6.45) is 14.2. The molecule has 1 aliphatic heterocycles. The molecule has 4 saturated carbocycles. The number of aliphatic hydroxyl groups excluding tert-OH is 1. The van der Waals surface area contributed by atoms with Crippen LogP contribution in [0.3, 0.4) is 0 Å². The summed E-state index contributed by atoms with van der Waals surface area (Å²) in [6.45, 7) is 5.11. The maximum atomic E-state index is 10.2. The number of aromatic nitrogens is 1. The summed E-state index contributed by atoms with van der Waals surface area (Å²) in [6, 6.07) is 4.32. The summed E-state index contributed by atoms with van der Waals surface area (Å²) in [5, 5.41) is 10.2. The first kappa shape index (κ1) is 17.0. The second kappa shape index (κ2) is 5.36. The van der Waals surface area contributed by atoms with Gasteiger partial charge in [0.1, 0.15) is 5.60 Å². The normalized spacial score (nSPS) is 55.8. The molecule has 1 aromatic rings. The van der Waals surface area contributed by atoms with Crippen molar-refractivity contribution in [1.29, 1.82) is 0 Å². The molecule has 0 bridgehead atoms. The number of epoxide rings is 1. The fourth-order valence-corrected chi connectivity index (χ4v) is 8.76. The summed E-state index contributed by atoms with van der Waals surface area (Å²) in [5.74, 6) is 3.24. The zero-order valence-corrected chi connectivity index (χ0v) is 16.7. The molecule has 0 aromatic carbocycles. The molecule has 146 valence electrons. The predicted molar refractivity (Wildman–Crippen MR) is 104 cm³/mol. The van der Waals surface area contributed by atoms with E-state index in [1.807, 2.05) is 6.20 Å². The molecule has 3 nitrogen and oxygen atoms in total. The van der Waals surface area contributed by atoms with E-state index in [1.165, 1.54) is 44.1 Å². The van der Waals surface area contributed by atoms with Crippen LogP contribution in [0.2, 0.25) is 0 Å². The number of nitrogens with zero attached hydrogens (tertiary/aromatic N) is 1. The van der Waals surface area contributed by atoms with Crippen LogP contribution < -0.4 is 0 Å². The van der Waals surface area contributed by atoms with Crippen molar-refractivity contribution >= 4 is 0 Å². The minimum absolute atomic E-state index is 0.0464. The van der Waals surface area contributed by atoms with E-state index in [9.17, 15) is 5.11 Å². The molecule has 1 aromatic heterocycles. The maximum absolute atomic E-state index is 10.2. The molecule has 3 heteroatoms. The molecule has 1 saturated heterocycles. The van der Waals surface area contributed by atoms with Crippen LogP contribution in [0.4, 0.5) is 0 Å². The summed E-state index contributed by atoms with van der Waals surface area (Å²) in [4.78, 5) is 4.42. The van der Waals surface area contributed by atoms with Gasteiger partial charge in [0.2, 0.25) is 0 Å². The molecular formula is C24H33NO2. The number of aliphatic hydroxyl groups is 1. The van der Waals surface area contributed by atoms with E-state index >= 15 is 0 Å². The van der Waals surface area contributed by atoms with Crippen molar-refractivity contribution in [3.05, 3.63) is 30.1 Å². The number of pyridine rings is 1. The molecule has 6 rings (SSSR count). The van der Waals surface area contributed by atoms with Gasteiger partial charge in [-0.05, 0) is 86.5 Å². The number of fused-ring (bicyclic) bond motifs is 7. The van der Waals surface area contributed by atoms with Crippen LogP contribution in [-0.2, 0) is 10.3 Å². The zero-order chi connectivity index (χ0) is 18.4. The van der Waals surface area contributed by atoms with Crippen molar-refractivity contribution < 1.29 is 9.84 Å². The minimum Gasteiger partial charge on any atom is -0.393 e. The van der Waals surface area contributed by atoms with Gasteiger partial charge in [-0.1, -0.05) is 19.9 Å². The van der Waals surface area contributed by atoms with E-state index in [2.05, 4.69) is 37.2 Å². The van der Waals surface area contributed by atoms with Crippen LogP contribution in [0.15, 0.2) is 24.5 Å². The van der Waals surface area contributed by atoms with Crippen molar-refractivity contribution in [2.75, 3.05) is 0 Å². The molecule has 5 fully saturated rings. The third-order valence-electron chi connectivity index (χ3n) is 10.2. The van der Waals surface area contributed by atoms with Gasteiger partial charge in [0.15, 0.2) is 0 Å². The molecule has 0 radical (unpaired) electrons. The third kappa shape index (κ3) is 1.98. The zero-order valence-electron chi connectivity index (χ0n) is 16.7. The van der Waals surface area contributed by atoms with Gasteiger partial charge < -0.3 is 9.84 Å². The monoisotopic (exact) mass is 367 g/mol. The van der Waals surface area contributed by atoms with Crippen molar-refractivity contribution in [1.82, 2.24) is 4.98 Å². The van der Waals surface area contributed by atoms with Crippen molar-refractivity contribution in [3.63, 3.8) is 0 Å². The van der Waals surface area contributed by atoms with Crippen LogP contribution in [0.5, 0.6) is 0 Å². The molecule has 5 aliphatic rings. The Morgan fingerprint density at radius 1 is 1.07 bits per heavy atom. The standard InChI is InChI=1S/C24H33NO2/c1-22-9-7-17(26)12-15(22)5-6-18-19(22)8-10-23(2)20(18)13-21-24(23,27-21)16-4-3-11-25-14-16/h3-4,11,14-15,17-21,26H,5-10,12-13H2,1-2H3/t15-,17-,18+,19-,20-,21+,22-,23-,24+/m0/s1. The number of hydrogen-bond donors (Lipinski definition) is 1. The van der Waals surface area contributed by atoms with Crippen LogP contribution in [-0.4, -0.2) is 22.3 Å². The van der Waals surface area contributed by atoms with Crippen molar-refractivity contribution in [3.8, 4) is 0 Å². The Morgan fingerprint density at radius 2 is 1.96 bits per heavy atom. The number of rotatable bonds is 1. The van der Waals surface area contributed by atoms with Crippen LogP contribution in [0.25, 0.3) is 0 Å². The molecule has 4 aliphatic carbocycles. The quantitative estimate of drug-likeness (QED) is 0.733. The lowest BCUT2D eigenvalue weighted by atomic mass is 9.44. The van der Waals surface area contributed by atoms with E-state index in [1.54, 1.807) is 0 Å². The summed E-state index contributed by atoms with van der Waals surface area (Å²) < 4.78 is 6.45. The van der Waals surface area contributed by atoms with Gasteiger partial charge in [-0.25, -0.2) is 0 Å². The van der Waals surface area contributed by atoms with E-state index < -0.39 is 0 Å². The van der Waals surface area contributed by atoms with Gasteiger partial charge in [-0.15, -0.1) is 0 Å². The second-order valence-electron chi connectivity index (χ2n) is 10.9. The Kier molecular flexibility index (Phi) is 3.37. The molecule has 1 N–H and O–H groups in total. The maximum Gasteiger partial charge on any atom is 0.127 e. The van der Waals surface area contributed by atoms with E-state index in [-0.39, 0.29) is 17.1 Å². The van der Waals surface area contributed by atoms with Crippen molar-refractivity contribution in [2.24, 2.45) is 34.5 Å². The number of hydrogen-bond acceptors (Lipinski definition) is 3. The Labute approximate surface area is 162 Å². The Morgan fingerprint density at radius 3 is 2.78 bits per heavy atom. The summed E-state index contributed by atoms with van der Waals surface area (Å²) in [7, 11) is 0. The first-order chi connectivity index (χ1) is 13.0. The highest BCUT2D eigenvalue weighted by Crippen LogP contribution is 2.76. The van der Waals surface area contributed by atoms with Crippen LogP contribution in [0.1, 0.15) is 70.8 Å². The average molecular weight is 368 g/mol. The first-order valence-electron chi connectivity index (χ1n) is 11.3.